The van der Waals surface area contributed by atoms with E-state index in [2.05, 4.69) is 36.3 Å². The largest absolute Gasteiger partial charge is 0.461 e. The number of halogens is 1. The van der Waals surface area contributed by atoms with Gasteiger partial charge in [0.2, 0.25) is 11.8 Å². The minimum Gasteiger partial charge on any atom is -0.461 e. The summed E-state index contributed by atoms with van der Waals surface area (Å²) in [5.41, 5.74) is 6.68. The van der Waals surface area contributed by atoms with Gasteiger partial charge in [0.15, 0.2) is 0 Å². The van der Waals surface area contributed by atoms with Crippen LogP contribution >= 0.6 is 11.3 Å². The number of aromatic nitrogens is 1. The minimum atomic E-state index is -0.665. The van der Waals surface area contributed by atoms with Crippen LogP contribution in [0.25, 0.3) is 0 Å². The number of hydrogen-bond acceptors (Lipinski definition) is 10. The highest BCUT2D eigenvalue weighted by Gasteiger charge is 2.38. The van der Waals surface area contributed by atoms with Crippen LogP contribution in [0.2, 0.25) is 0 Å². The monoisotopic (exact) mass is 831 g/mol. The number of amides is 3. The van der Waals surface area contributed by atoms with Gasteiger partial charge in [-0.25, -0.2) is 9.37 Å². The standard InChI is InChI=1S/C44H71FN6O6S/c1-10-20-51(43(54)39(29(6)12-3)49-41(53)36-15-13-14-21-50(36)9)37(28(4)5)25-38(56-22-11-2)42-48-35(27-58-42)40(52)47-34(24-32-16-18-33(45)19-17-32)23-30(7)44(55)57-31(8)26-46/h16-19,27-31,34,36-39H,10-15,20-26,46H2,1-9H3,(H,47,52)(H,49,53)/t29-,30-,31?,34+,36+,37+,38+,39-/m0/s1. The summed E-state index contributed by atoms with van der Waals surface area (Å²) in [6.45, 7) is 17.9. The number of likely N-dealkylation sites (tertiary alicyclic amines) is 1. The van der Waals surface area contributed by atoms with Gasteiger partial charge in [0.25, 0.3) is 5.91 Å². The molecule has 14 heteroatoms. The van der Waals surface area contributed by atoms with Crippen molar-refractivity contribution in [2.75, 3.05) is 33.3 Å². The zero-order valence-corrected chi connectivity index (χ0v) is 37.2. The van der Waals surface area contributed by atoms with Crippen molar-refractivity contribution in [1.29, 1.82) is 0 Å². The molecule has 2 heterocycles. The highest BCUT2D eigenvalue weighted by Crippen LogP contribution is 2.32. The average molecular weight is 831 g/mol. The number of benzene rings is 1. The predicted octanol–water partition coefficient (Wildman–Crippen LogP) is 6.68. The fraction of sp³-hybridized carbons (Fsp3) is 0.705. The lowest BCUT2D eigenvalue weighted by atomic mass is 9.92. The zero-order chi connectivity index (χ0) is 42.9. The van der Waals surface area contributed by atoms with Crippen molar-refractivity contribution in [2.45, 2.75) is 150 Å². The van der Waals surface area contributed by atoms with E-state index in [1.54, 1.807) is 31.4 Å². The maximum absolute atomic E-state index is 14.7. The van der Waals surface area contributed by atoms with Crippen LogP contribution < -0.4 is 16.4 Å². The second-order valence-electron chi connectivity index (χ2n) is 16.5. The van der Waals surface area contributed by atoms with Gasteiger partial charge >= 0.3 is 5.97 Å². The topological polar surface area (TPSA) is 156 Å². The molecule has 1 aromatic carbocycles. The van der Waals surface area contributed by atoms with Gasteiger partial charge in [-0.05, 0) is 88.6 Å². The number of rotatable bonds is 24. The Morgan fingerprint density at radius 2 is 1.72 bits per heavy atom. The summed E-state index contributed by atoms with van der Waals surface area (Å²) in [6, 6.07) is 4.43. The van der Waals surface area contributed by atoms with Gasteiger partial charge in [-0.15, -0.1) is 11.3 Å². The Morgan fingerprint density at radius 1 is 1.02 bits per heavy atom. The highest BCUT2D eigenvalue weighted by molar-refractivity contribution is 7.09. The summed E-state index contributed by atoms with van der Waals surface area (Å²) in [5, 5.41) is 8.60. The first kappa shape index (κ1) is 48.9. The molecule has 8 atom stereocenters. The number of ether oxygens (including phenoxy) is 2. The van der Waals surface area contributed by atoms with Crippen LogP contribution in [0.3, 0.4) is 0 Å². The van der Waals surface area contributed by atoms with Gasteiger partial charge in [-0.1, -0.05) is 73.4 Å². The first-order valence-corrected chi connectivity index (χ1v) is 22.4. The maximum atomic E-state index is 14.7. The van der Waals surface area contributed by atoms with E-state index >= 15 is 0 Å². The number of nitrogens with zero attached hydrogens (tertiary/aromatic N) is 3. The van der Waals surface area contributed by atoms with E-state index in [0.29, 0.717) is 31.0 Å². The zero-order valence-electron chi connectivity index (χ0n) is 36.4. The average Bonchev–Trinajstić information content (AvgIpc) is 3.70. The van der Waals surface area contributed by atoms with E-state index in [1.165, 1.54) is 23.5 Å². The molecule has 1 fully saturated rings. The molecule has 2 aromatic rings. The van der Waals surface area contributed by atoms with Gasteiger partial charge in [-0.2, -0.15) is 0 Å². The van der Waals surface area contributed by atoms with Crippen molar-refractivity contribution in [1.82, 2.24) is 25.4 Å². The smallest absolute Gasteiger partial charge is 0.309 e. The van der Waals surface area contributed by atoms with E-state index in [0.717, 1.165) is 50.6 Å². The number of hydrogen-bond donors (Lipinski definition) is 3. The van der Waals surface area contributed by atoms with Gasteiger partial charge in [-0.3, -0.25) is 24.1 Å². The lowest BCUT2D eigenvalue weighted by Gasteiger charge is -2.40. The number of carbonyl (C=O) groups excluding carboxylic acids is 4. The Bertz CT molecular complexity index is 1580. The van der Waals surface area contributed by atoms with E-state index < -0.39 is 42.1 Å². The van der Waals surface area contributed by atoms with E-state index in [-0.39, 0.29) is 60.2 Å². The molecule has 326 valence electrons. The quantitative estimate of drug-likeness (QED) is 0.0984. The minimum absolute atomic E-state index is 0.0532. The molecule has 58 heavy (non-hydrogen) atoms. The Labute approximate surface area is 350 Å². The molecule has 3 amide bonds. The molecular formula is C44H71FN6O6S. The molecule has 1 aromatic heterocycles. The molecular weight excluding hydrogens is 760 g/mol. The van der Waals surface area contributed by atoms with Crippen LogP contribution in [-0.4, -0.2) is 102 Å². The Morgan fingerprint density at radius 3 is 2.33 bits per heavy atom. The molecule has 0 spiro atoms. The highest BCUT2D eigenvalue weighted by atomic mass is 32.1. The number of carbonyl (C=O) groups is 4. The van der Waals surface area contributed by atoms with Crippen molar-refractivity contribution in [3.63, 3.8) is 0 Å². The molecule has 1 aliphatic heterocycles. The third kappa shape index (κ3) is 14.7. The molecule has 0 aliphatic carbocycles. The number of likely N-dealkylation sites (N-methyl/N-ethyl adjacent to an activating group) is 1. The van der Waals surface area contributed by atoms with Crippen molar-refractivity contribution in [3.8, 4) is 0 Å². The second-order valence-corrected chi connectivity index (χ2v) is 17.4. The lowest BCUT2D eigenvalue weighted by Crippen LogP contribution is -2.58. The van der Waals surface area contributed by atoms with Crippen LogP contribution in [-0.2, 0) is 30.3 Å². The van der Waals surface area contributed by atoms with Gasteiger partial charge in [0, 0.05) is 43.6 Å². The predicted molar refractivity (Wildman–Crippen MR) is 228 cm³/mol. The Balaban J connectivity index is 1.87. The van der Waals surface area contributed by atoms with Gasteiger partial charge in [0.05, 0.1) is 12.0 Å². The summed E-state index contributed by atoms with van der Waals surface area (Å²) in [5.74, 6) is -1.91. The summed E-state index contributed by atoms with van der Waals surface area (Å²) >= 11 is 1.33. The molecule has 0 bridgehead atoms. The van der Waals surface area contributed by atoms with Crippen molar-refractivity contribution < 1.29 is 33.0 Å². The summed E-state index contributed by atoms with van der Waals surface area (Å²) < 4.78 is 25.6. The Hall–Kier alpha value is -3.46. The molecule has 3 rings (SSSR count). The van der Waals surface area contributed by atoms with Crippen molar-refractivity contribution >= 4 is 35.0 Å². The Kier molecular flexibility index (Phi) is 20.7. The fourth-order valence-corrected chi connectivity index (χ4v) is 8.32. The molecule has 1 saturated heterocycles. The van der Waals surface area contributed by atoms with Crippen LogP contribution in [0.5, 0.6) is 0 Å². The molecule has 1 unspecified atom stereocenters. The van der Waals surface area contributed by atoms with E-state index in [1.807, 2.05) is 32.7 Å². The SMILES string of the molecule is CCCO[C@H](C[C@H](C(C)C)N(CCC)C(=O)[C@@H](NC(=O)[C@H]1CCCCN1C)[C@@H](C)CC)c1nc(C(=O)N[C@@H](Cc2ccc(F)cc2)C[C@H](C)C(=O)OC(C)CN)cs1. The van der Waals surface area contributed by atoms with Crippen LogP contribution in [0.4, 0.5) is 4.39 Å². The number of esters is 1. The van der Waals surface area contributed by atoms with Crippen LogP contribution in [0.15, 0.2) is 29.6 Å². The first-order chi connectivity index (χ1) is 27.6. The number of thiazole rings is 1. The third-order valence-electron chi connectivity index (χ3n) is 11.2. The fourth-order valence-electron chi connectivity index (χ4n) is 7.46. The van der Waals surface area contributed by atoms with Crippen molar-refractivity contribution in [2.24, 2.45) is 23.5 Å². The van der Waals surface area contributed by atoms with E-state index in [9.17, 15) is 23.6 Å². The van der Waals surface area contributed by atoms with Crippen LogP contribution in [0.1, 0.15) is 134 Å². The van der Waals surface area contributed by atoms with Gasteiger partial charge < -0.3 is 30.7 Å². The number of nitrogens with two attached hydrogens (primary N) is 1. The normalized spacial score (nSPS) is 18.4. The molecule has 1 aliphatic rings. The van der Waals surface area contributed by atoms with Gasteiger partial charge in [0.1, 0.15) is 34.8 Å². The number of nitrogens with one attached hydrogen (secondary N) is 2. The molecule has 4 N–H and O–H groups in total. The van der Waals surface area contributed by atoms with Crippen molar-refractivity contribution in [3.05, 3.63) is 51.7 Å². The summed E-state index contributed by atoms with van der Waals surface area (Å²) in [6.07, 6.45) is 5.25. The first-order valence-electron chi connectivity index (χ1n) is 21.5. The summed E-state index contributed by atoms with van der Waals surface area (Å²) in [7, 11) is 1.97. The lowest BCUT2D eigenvalue weighted by molar-refractivity contribution is -0.152. The second kappa shape index (κ2) is 24.6. The molecule has 0 saturated carbocycles. The van der Waals surface area contributed by atoms with E-state index in [4.69, 9.17) is 20.2 Å². The third-order valence-corrected chi connectivity index (χ3v) is 12.1. The maximum Gasteiger partial charge on any atom is 0.309 e. The number of piperidine rings is 1. The molecule has 12 nitrogen and oxygen atoms in total. The summed E-state index contributed by atoms with van der Waals surface area (Å²) in [4.78, 5) is 63.8. The molecule has 0 radical (unpaired) electrons. The van der Waals surface area contributed by atoms with Crippen LogP contribution in [0, 0.1) is 23.6 Å².